The molecule has 47 heavy (non-hydrogen) atoms. The maximum absolute atomic E-state index is 15.1. The van der Waals surface area contributed by atoms with Gasteiger partial charge in [-0.1, -0.05) is 91.7 Å². The molecule has 0 fully saturated rings. The predicted octanol–water partition coefficient (Wildman–Crippen LogP) is 6.40. The van der Waals surface area contributed by atoms with Crippen LogP contribution in [0.15, 0.2) is 102 Å². The number of hydrogen-bond donors (Lipinski definition) is 1. The number of hydrogen-bond acceptors (Lipinski definition) is 5. The Hall–Kier alpha value is -4.41. The highest BCUT2D eigenvalue weighted by molar-refractivity contribution is 7.92. The molecule has 0 unspecified atom stereocenters. The predicted molar refractivity (Wildman–Crippen MR) is 182 cm³/mol. The van der Waals surface area contributed by atoms with Gasteiger partial charge in [0, 0.05) is 25.1 Å². The first-order valence-electron chi connectivity index (χ1n) is 15.2. The number of nitrogens with zero attached hydrogens (tertiary/aromatic N) is 2. The second-order valence-electron chi connectivity index (χ2n) is 11.6. The van der Waals surface area contributed by atoms with Crippen LogP contribution < -0.4 is 14.4 Å². The lowest BCUT2D eigenvalue weighted by Gasteiger charge is -2.34. The van der Waals surface area contributed by atoms with Crippen LogP contribution in [0.5, 0.6) is 5.75 Å². The summed E-state index contributed by atoms with van der Waals surface area (Å²) in [4.78, 5) is 29.6. The number of nitrogens with one attached hydrogen (secondary N) is 1. The van der Waals surface area contributed by atoms with E-state index < -0.39 is 40.2 Å². The molecule has 0 aliphatic rings. The molecule has 0 aromatic heterocycles. The van der Waals surface area contributed by atoms with Crippen molar-refractivity contribution in [1.82, 2.24) is 10.2 Å². The Balaban J connectivity index is 1.83. The van der Waals surface area contributed by atoms with E-state index >= 15 is 4.39 Å². The molecule has 1 N–H and O–H groups in total. The molecule has 11 heteroatoms. The molecule has 8 nitrogen and oxygen atoms in total. The van der Waals surface area contributed by atoms with Gasteiger partial charge < -0.3 is 15.0 Å². The van der Waals surface area contributed by atoms with Gasteiger partial charge in [-0.25, -0.2) is 12.8 Å². The molecular formula is C36H39ClFN3O5S. The maximum atomic E-state index is 15.1. The molecule has 0 saturated heterocycles. The molecule has 0 saturated carbocycles. The van der Waals surface area contributed by atoms with Gasteiger partial charge in [0.2, 0.25) is 11.8 Å². The number of halogens is 2. The summed E-state index contributed by atoms with van der Waals surface area (Å²) in [6.07, 6.45) is 0.115. The molecule has 0 radical (unpaired) electrons. The topological polar surface area (TPSA) is 96.0 Å². The van der Waals surface area contributed by atoms with E-state index in [1.165, 1.54) is 60.5 Å². The molecule has 0 aliphatic carbocycles. The van der Waals surface area contributed by atoms with Gasteiger partial charge in [-0.3, -0.25) is 13.9 Å². The van der Waals surface area contributed by atoms with Crippen molar-refractivity contribution in [2.75, 3.05) is 24.5 Å². The second kappa shape index (κ2) is 15.9. The van der Waals surface area contributed by atoms with Crippen LogP contribution in [0.3, 0.4) is 0 Å². The number of rotatable bonds is 14. The number of anilines is 1. The van der Waals surface area contributed by atoms with Gasteiger partial charge in [0.25, 0.3) is 10.0 Å². The Bertz CT molecular complexity index is 1790. The van der Waals surface area contributed by atoms with Crippen LogP contribution in [-0.4, -0.2) is 51.4 Å². The number of methoxy groups -OCH3 is 1. The first-order valence-corrected chi connectivity index (χ1v) is 17.0. The van der Waals surface area contributed by atoms with E-state index in [-0.39, 0.29) is 40.1 Å². The molecule has 4 aromatic carbocycles. The molecule has 0 aliphatic heterocycles. The van der Waals surface area contributed by atoms with Crippen molar-refractivity contribution in [3.63, 3.8) is 0 Å². The van der Waals surface area contributed by atoms with Gasteiger partial charge >= 0.3 is 0 Å². The fourth-order valence-electron chi connectivity index (χ4n) is 4.96. The van der Waals surface area contributed by atoms with E-state index in [4.69, 9.17) is 16.3 Å². The summed E-state index contributed by atoms with van der Waals surface area (Å²) >= 11 is 6.42. The first kappa shape index (κ1) is 35.4. The van der Waals surface area contributed by atoms with Gasteiger partial charge in [-0.2, -0.15) is 0 Å². The van der Waals surface area contributed by atoms with Gasteiger partial charge in [0.05, 0.1) is 22.7 Å². The third kappa shape index (κ3) is 9.11. The summed E-state index contributed by atoms with van der Waals surface area (Å²) in [6, 6.07) is 24.7. The average Bonchev–Trinajstić information content (AvgIpc) is 3.05. The lowest BCUT2D eigenvalue weighted by atomic mass is 10.0. The Morgan fingerprint density at radius 2 is 1.60 bits per heavy atom. The summed E-state index contributed by atoms with van der Waals surface area (Å²) in [5, 5.41) is 3.05. The van der Waals surface area contributed by atoms with Crippen LogP contribution in [0.4, 0.5) is 10.1 Å². The van der Waals surface area contributed by atoms with Gasteiger partial charge in [-0.15, -0.1) is 0 Å². The Labute approximate surface area is 281 Å². The Kier molecular flexibility index (Phi) is 12.0. The highest BCUT2D eigenvalue weighted by Gasteiger charge is 2.35. The minimum atomic E-state index is -4.33. The van der Waals surface area contributed by atoms with E-state index in [0.29, 0.717) is 12.3 Å². The summed E-state index contributed by atoms with van der Waals surface area (Å²) in [5.41, 5.74) is 1.91. The normalized spacial score (nSPS) is 12.0. The van der Waals surface area contributed by atoms with Crippen molar-refractivity contribution in [2.45, 2.75) is 44.7 Å². The van der Waals surface area contributed by atoms with Crippen LogP contribution >= 0.6 is 11.6 Å². The van der Waals surface area contributed by atoms with Crippen LogP contribution in [0.25, 0.3) is 0 Å². The number of sulfonamides is 1. The third-order valence-corrected chi connectivity index (χ3v) is 9.65. The second-order valence-corrected chi connectivity index (χ2v) is 13.9. The minimum Gasteiger partial charge on any atom is -0.495 e. The fourth-order valence-corrected chi connectivity index (χ4v) is 6.62. The van der Waals surface area contributed by atoms with E-state index in [1.54, 1.807) is 18.2 Å². The SMILES string of the molecule is COc1ccc(N(CC(=O)N(Cc2ccccc2F)[C@H](Cc2ccccc2)C(=O)NCC(C)C)S(=O)(=O)c2ccc(C)cc2)cc1Cl. The van der Waals surface area contributed by atoms with Gasteiger partial charge in [0.1, 0.15) is 24.2 Å². The number of benzene rings is 4. The highest BCUT2D eigenvalue weighted by atomic mass is 35.5. The van der Waals surface area contributed by atoms with E-state index in [9.17, 15) is 18.0 Å². The maximum Gasteiger partial charge on any atom is 0.264 e. The molecule has 1 atom stereocenters. The number of amides is 2. The van der Waals surface area contributed by atoms with E-state index in [1.807, 2.05) is 51.1 Å². The average molecular weight is 680 g/mol. The zero-order valence-corrected chi connectivity index (χ0v) is 28.4. The van der Waals surface area contributed by atoms with Crippen molar-refractivity contribution in [2.24, 2.45) is 5.92 Å². The smallest absolute Gasteiger partial charge is 0.264 e. The molecule has 0 heterocycles. The van der Waals surface area contributed by atoms with Crippen LogP contribution in [0, 0.1) is 18.7 Å². The van der Waals surface area contributed by atoms with Crippen molar-refractivity contribution < 1.29 is 27.1 Å². The van der Waals surface area contributed by atoms with Crippen molar-refractivity contribution >= 4 is 39.1 Å². The summed E-state index contributed by atoms with van der Waals surface area (Å²) in [6.45, 7) is 5.10. The summed E-state index contributed by atoms with van der Waals surface area (Å²) < 4.78 is 49.7. The molecule has 248 valence electrons. The largest absolute Gasteiger partial charge is 0.495 e. The number of ether oxygens (including phenoxy) is 1. The molecular weight excluding hydrogens is 641 g/mol. The number of carbonyl (C=O) groups excluding carboxylic acids is 2. The summed E-state index contributed by atoms with van der Waals surface area (Å²) in [5.74, 6) is -1.26. The number of carbonyl (C=O) groups is 2. The number of aryl methyl sites for hydroxylation is 1. The fraction of sp³-hybridized carbons (Fsp3) is 0.278. The molecule has 4 rings (SSSR count). The molecule has 0 spiro atoms. The first-order chi connectivity index (χ1) is 22.4. The van der Waals surface area contributed by atoms with E-state index in [2.05, 4.69) is 5.32 Å². The third-order valence-electron chi connectivity index (χ3n) is 7.57. The molecule has 4 aromatic rings. The van der Waals surface area contributed by atoms with Crippen LogP contribution in [0.2, 0.25) is 5.02 Å². The zero-order chi connectivity index (χ0) is 34.1. The quantitative estimate of drug-likeness (QED) is 0.166. The zero-order valence-electron chi connectivity index (χ0n) is 26.8. The van der Waals surface area contributed by atoms with Gasteiger partial charge in [-0.05, 0) is 54.8 Å². The van der Waals surface area contributed by atoms with Crippen molar-refractivity contribution in [1.29, 1.82) is 0 Å². The lowest BCUT2D eigenvalue weighted by Crippen LogP contribution is -2.53. The standard InChI is InChI=1S/C36H39ClFN3O5S/c1-25(2)22-39-36(43)33(20-27-10-6-5-7-11-27)40(23-28-12-8-9-13-32(28)38)35(42)24-41(29-16-19-34(46-4)31(37)21-29)47(44,45)30-17-14-26(3)15-18-30/h5-19,21,25,33H,20,22-24H2,1-4H3,(H,39,43)/t33-/m1/s1. The minimum absolute atomic E-state index is 0.0426. The van der Waals surface area contributed by atoms with Crippen molar-refractivity contribution in [3.8, 4) is 5.75 Å². The molecule has 0 bridgehead atoms. The monoisotopic (exact) mass is 679 g/mol. The van der Waals surface area contributed by atoms with E-state index in [0.717, 1.165) is 15.4 Å². The van der Waals surface area contributed by atoms with Crippen molar-refractivity contribution in [3.05, 3.63) is 125 Å². The summed E-state index contributed by atoms with van der Waals surface area (Å²) in [7, 11) is -2.90. The van der Waals surface area contributed by atoms with Gasteiger partial charge in [0.15, 0.2) is 0 Å². The van der Waals surface area contributed by atoms with Crippen LogP contribution in [0.1, 0.15) is 30.5 Å². The highest BCUT2D eigenvalue weighted by Crippen LogP contribution is 2.32. The lowest BCUT2D eigenvalue weighted by molar-refractivity contribution is -0.140. The van der Waals surface area contributed by atoms with Crippen LogP contribution in [-0.2, 0) is 32.6 Å². The Morgan fingerprint density at radius 1 is 0.936 bits per heavy atom. The molecule has 2 amide bonds. The Morgan fingerprint density at radius 3 is 2.21 bits per heavy atom.